The number of rotatable bonds is 8. The second kappa shape index (κ2) is 8.87. The number of carbonyl (C=O) groups excluding carboxylic acids is 2. The molecule has 1 saturated carbocycles. The van der Waals surface area contributed by atoms with Crippen molar-refractivity contribution in [2.75, 3.05) is 23.3 Å². The summed E-state index contributed by atoms with van der Waals surface area (Å²) < 4.78 is 0. The molecule has 2 aromatic rings. The van der Waals surface area contributed by atoms with Gasteiger partial charge < -0.3 is 15.5 Å². The van der Waals surface area contributed by atoms with Crippen molar-refractivity contribution in [3.05, 3.63) is 53.9 Å². The first kappa shape index (κ1) is 19.9. The summed E-state index contributed by atoms with van der Waals surface area (Å²) in [6, 6.07) is 9.81. The van der Waals surface area contributed by atoms with Crippen LogP contribution < -0.4 is 15.5 Å². The molecule has 2 atom stereocenters. The van der Waals surface area contributed by atoms with Crippen molar-refractivity contribution in [2.45, 2.75) is 33.7 Å². The number of aryl methyl sites for hydroxylation is 1. The SMILES string of the molecule is CCN(CC)c1ccc(NC(=O)C2CC2C(=O)NCc2cccnc2)c(C)c1. The maximum Gasteiger partial charge on any atom is 0.228 e. The molecule has 148 valence electrons. The Morgan fingerprint density at radius 3 is 2.54 bits per heavy atom. The Labute approximate surface area is 166 Å². The molecular formula is C22H28N4O2. The number of aromatic nitrogens is 1. The molecule has 0 aliphatic heterocycles. The van der Waals surface area contributed by atoms with Gasteiger partial charge in [0.05, 0.1) is 11.8 Å². The summed E-state index contributed by atoms with van der Waals surface area (Å²) in [6.07, 6.45) is 4.02. The third-order valence-corrected chi connectivity index (χ3v) is 5.25. The Kier molecular flexibility index (Phi) is 6.29. The Hall–Kier alpha value is -2.89. The number of nitrogens with zero attached hydrogens (tertiary/aromatic N) is 2. The summed E-state index contributed by atoms with van der Waals surface area (Å²) in [5, 5.41) is 5.87. The van der Waals surface area contributed by atoms with E-state index in [0.717, 1.165) is 35.6 Å². The maximum absolute atomic E-state index is 12.5. The molecule has 0 spiro atoms. The quantitative estimate of drug-likeness (QED) is 0.738. The fourth-order valence-corrected chi connectivity index (χ4v) is 3.40. The van der Waals surface area contributed by atoms with E-state index < -0.39 is 0 Å². The molecule has 1 fully saturated rings. The van der Waals surface area contributed by atoms with Gasteiger partial charge in [-0.25, -0.2) is 0 Å². The van der Waals surface area contributed by atoms with Gasteiger partial charge in [0.25, 0.3) is 0 Å². The molecule has 1 aliphatic rings. The van der Waals surface area contributed by atoms with Gasteiger partial charge in [-0.2, -0.15) is 0 Å². The lowest BCUT2D eigenvalue weighted by Gasteiger charge is -2.22. The molecule has 6 heteroatoms. The highest BCUT2D eigenvalue weighted by atomic mass is 16.2. The van der Waals surface area contributed by atoms with E-state index in [9.17, 15) is 9.59 Å². The minimum Gasteiger partial charge on any atom is -0.372 e. The number of hydrogen-bond acceptors (Lipinski definition) is 4. The van der Waals surface area contributed by atoms with Crippen molar-refractivity contribution in [2.24, 2.45) is 11.8 Å². The van der Waals surface area contributed by atoms with Crippen LogP contribution in [-0.2, 0) is 16.1 Å². The highest BCUT2D eigenvalue weighted by Gasteiger charge is 2.47. The molecule has 0 bridgehead atoms. The van der Waals surface area contributed by atoms with Crippen molar-refractivity contribution < 1.29 is 9.59 Å². The van der Waals surface area contributed by atoms with Gasteiger partial charge in [-0.05, 0) is 62.6 Å². The highest BCUT2D eigenvalue weighted by molar-refractivity contribution is 6.00. The Bertz CT molecular complexity index is 834. The summed E-state index contributed by atoms with van der Waals surface area (Å²) in [6.45, 7) is 8.57. The van der Waals surface area contributed by atoms with E-state index >= 15 is 0 Å². The number of amides is 2. The van der Waals surface area contributed by atoms with Crippen LogP contribution in [0.25, 0.3) is 0 Å². The zero-order valence-corrected chi connectivity index (χ0v) is 16.7. The van der Waals surface area contributed by atoms with E-state index in [0.29, 0.717) is 13.0 Å². The topological polar surface area (TPSA) is 74.3 Å². The molecule has 28 heavy (non-hydrogen) atoms. The smallest absolute Gasteiger partial charge is 0.228 e. The summed E-state index contributed by atoms with van der Waals surface area (Å²) in [4.78, 5) is 31.1. The van der Waals surface area contributed by atoms with Crippen LogP contribution in [0.4, 0.5) is 11.4 Å². The minimum absolute atomic E-state index is 0.0717. The molecule has 2 N–H and O–H groups in total. The Morgan fingerprint density at radius 2 is 1.89 bits per heavy atom. The molecule has 1 aromatic carbocycles. The van der Waals surface area contributed by atoms with Crippen LogP contribution in [0.5, 0.6) is 0 Å². The molecular weight excluding hydrogens is 352 g/mol. The number of benzene rings is 1. The molecule has 1 aromatic heterocycles. The zero-order valence-electron chi connectivity index (χ0n) is 16.7. The van der Waals surface area contributed by atoms with Crippen molar-refractivity contribution >= 4 is 23.2 Å². The summed E-state index contributed by atoms with van der Waals surface area (Å²) in [5.74, 6) is -0.652. The van der Waals surface area contributed by atoms with Crippen LogP contribution in [0, 0.1) is 18.8 Å². The predicted molar refractivity (Wildman–Crippen MR) is 111 cm³/mol. The summed E-state index contributed by atoms with van der Waals surface area (Å²) in [5.41, 5.74) is 3.93. The largest absolute Gasteiger partial charge is 0.372 e. The summed E-state index contributed by atoms with van der Waals surface area (Å²) in [7, 11) is 0. The van der Waals surface area contributed by atoms with Crippen LogP contribution in [0.15, 0.2) is 42.7 Å². The molecule has 1 heterocycles. The second-order valence-electron chi connectivity index (χ2n) is 7.19. The van der Waals surface area contributed by atoms with Crippen LogP contribution in [0.3, 0.4) is 0 Å². The first-order chi connectivity index (χ1) is 13.5. The van der Waals surface area contributed by atoms with E-state index in [1.54, 1.807) is 12.4 Å². The van der Waals surface area contributed by atoms with Gasteiger partial charge in [0.15, 0.2) is 0 Å². The normalized spacial score (nSPS) is 17.7. The number of nitrogens with one attached hydrogen (secondary N) is 2. The van der Waals surface area contributed by atoms with Gasteiger partial charge in [0, 0.05) is 43.4 Å². The van der Waals surface area contributed by atoms with E-state index in [2.05, 4.69) is 40.4 Å². The lowest BCUT2D eigenvalue weighted by Crippen LogP contribution is -2.27. The highest BCUT2D eigenvalue weighted by Crippen LogP contribution is 2.40. The van der Waals surface area contributed by atoms with Crippen molar-refractivity contribution in [3.8, 4) is 0 Å². The van der Waals surface area contributed by atoms with Crippen LogP contribution in [0.2, 0.25) is 0 Å². The number of carbonyl (C=O) groups is 2. The van der Waals surface area contributed by atoms with E-state index in [-0.39, 0.29) is 23.7 Å². The van der Waals surface area contributed by atoms with Gasteiger partial charge in [-0.3, -0.25) is 14.6 Å². The lowest BCUT2D eigenvalue weighted by atomic mass is 10.1. The molecule has 0 radical (unpaired) electrons. The van der Waals surface area contributed by atoms with Gasteiger partial charge in [-0.1, -0.05) is 6.07 Å². The molecule has 2 amide bonds. The molecule has 1 aliphatic carbocycles. The number of anilines is 2. The molecule has 0 saturated heterocycles. The zero-order chi connectivity index (χ0) is 20.1. The van der Waals surface area contributed by atoms with Crippen LogP contribution in [0.1, 0.15) is 31.4 Å². The lowest BCUT2D eigenvalue weighted by molar-refractivity contribution is -0.125. The fraction of sp³-hybridized carbons (Fsp3) is 0.409. The number of pyridine rings is 1. The average Bonchev–Trinajstić information content (AvgIpc) is 3.51. The van der Waals surface area contributed by atoms with Crippen LogP contribution in [-0.4, -0.2) is 29.9 Å². The van der Waals surface area contributed by atoms with Crippen LogP contribution >= 0.6 is 0 Å². The van der Waals surface area contributed by atoms with Gasteiger partial charge in [0.1, 0.15) is 0 Å². The monoisotopic (exact) mass is 380 g/mol. The first-order valence-corrected chi connectivity index (χ1v) is 9.86. The predicted octanol–water partition coefficient (Wildman–Crippen LogP) is 3.13. The van der Waals surface area contributed by atoms with Gasteiger partial charge in [-0.15, -0.1) is 0 Å². The van der Waals surface area contributed by atoms with Gasteiger partial charge in [0.2, 0.25) is 11.8 Å². The Balaban J connectivity index is 1.52. The average molecular weight is 380 g/mol. The van der Waals surface area contributed by atoms with Gasteiger partial charge >= 0.3 is 0 Å². The van der Waals surface area contributed by atoms with E-state index in [4.69, 9.17) is 0 Å². The van der Waals surface area contributed by atoms with E-state index in [1.807, 2.05) is 31.2 Å². The summed E-state index contributed by atoms with van der Waals surface area (Å²) >= 11 is 0. The van der Waals surface area contributed by atoms with Crippen molar-refractivity contribution in [3.63, 3.8) is 0 Å². The molecule has 6 nitrogen and oxygen atoms in total. The number of hydrogen-bond donors (Lipinski definition) is 2. The maximum atomic E-state index is 12.5. The molecule has 3 rings (SSSR count). The van der Waals surface area contributed by atoms with Crippen molar-refractivity contribution in [1.82, 2.24) is 10.3 Å². The molecule has 2 unspecified atom stereocenters. The fourth-order valence-electron chi connectivity index (χ4n) is 3.40. The third kappa shape index (κ3) is 4.68. The standard InChI is InChI=1S/C22H28N4O2/c1-4-26(5-2)17-8-9-20(15(3)11-17)25-22(28)19-12-18(19)21(27)24-14-16-7-6-10-23-13-16/h6-11,13,18-19H,4-5,12,14H2,1-3H3,(H,24,27)(H,25,28). The third-order valence-electron chi connectivity index (χ3n) is 5.25. The van der Waals surface area contributed by atoms with E-state index in [1.165, 1.54) is 0 Å². The second-order valence-corrected chi connectivity index (χ2v) is 7.19. The Morgan fingerprint density at radius 1 is 1.14 bits per heavy atom. The first-order valence-electron chi connectivity index (χ1n) is 9.86. The minimum atomic E-state index is -0.254. The van der Waals surface area contributed by atoms with Crippen molar-refractivity contribution in [1.29, 1.82) is 0 Å².